The molecular weight excluding hydrogens is 465 g/mol. The van der Waals surface area contributed by atoms with E-state index in [1.807, 2.05) is 0 Å². The van der Waals surface area contributed by atoms with Crippen LogP contribution in [-0.4, -0.2) is 49.7 Å². The topological polar surface area (TPSA) is 122 Å². The molecule has 2 N–H and O–H groups in total. The number of hydrogen-bond donors (Lipinski definition) is 2. The molecule has 3 rings (SSSR count). The van der Waals surface area contributed by atoms with Crippen molar-refractivity contribution in [2.45, 2.75) is 37.7 Å². The molecule has 2 amide bonds. The Morgan fingerprint density at radius 3 is 2.03 bits per heavy atom. The summed E-state index contributed by atoms with van der Waals surface area (Å²) in [5.41, 5.74) is 1.05. The molecule has 1 aliphatic heterocycles. The van der Waals surface area contributed by atoms with Gasteiger partial charge in [0, 0.05) is 31.4 Å². The van der Waals surface area contributed by atoms with Crippen LogP contribution in [0.15, 0.2) is 53.4 Å². The standard InChI is InChI=1S/C23H26FN3O6S/c1-15(22(29)26-20-7-5-19(6-8-20)25-16(2)28)33-23(30)17-11-13-27(14-12-17)34(31,32)21-9-3-18(24)4-10-21/h3-10,15,17H,11-14H2,1-2H3,(H,25,28)(H,26,29). The molecule has 0 spiro atoms. The van der Waals surface area contributed by atoms with Crippen LogP contribution in [0.25, 0.3) is 0 Å². The summed E-state index contributed by atoms with van der Waals surface area (Å²) >= 11 is 0. The Labute approximate surface area is 197 Å². The number of esters is 1. The predicted molar refractivity (Wildman–Crippen MR) is 123 cm³/mol. The number of carbonyl (C=O) groups excluding carboxylic acids is 3. The molecule has 11 heteroatoms. The summed E-state index contributed by atoms with van der Waals surface area (Å²) in [4.78, 5) is 36.0. The number of amides is 2. The lowest BCUT2D eigenvalue weighted by atomic mass is 9.98. The summed E-state index contributed by atoms with van der Waals surface area (Å²) in [6.45, 7) is 3.06. The average Bonchev–Trinajstić information content (AvgIpc) is 2.80. The third-order valence-electron chi connectivity index (χ3n) is 5.37. The van der Waals surface area contributed by atoms with E-state index in [0.717, 1.165) is 12.1 Å². The van der Waals surface area contributed by atoms with Crippen molar-refractivity contribution in [1.82, 2.24) is 4.31 Å². The van der Waals surface area contributed by atoms with E-state index >= 15 is 0 Å². The van der Waals surface area contributed by atoms with Gasteiger partial charge >= 0.3 is 5.97 Å². The number of hydrogen-bond acceptors (Lipinski definition) is 6. The average molecular weight is 492 g/mol. The van der Waals surface area contributed by atoms with Crippen molar-refractivity contribution in [2.75, 3.05) is 23.7 Å². The Balaban J connectivity index is 1.49. The molecule has 1 aliphatic rings. The maximum Gasteiger partial charge on any atom is 0.309 e. The van der Waals surface area contributed by atoms with E-state index in [4.69, 9.17) is 4.74 Å². The van der Waals surface area contributed by atoms with Crippen LogP contribution in [0.4, 0.5) is 15.8 Å². The van der Waals surface area contributed by atoms with Gasteiger partial charge in [0.05, 0.1) is 10.8 Å². The van der Waals surface area contributed by atoms with Crippen molar-refractivity contribution in [3.05, 3.63) is 54.3 Å². The minimum absolute atomic E-state index is 0.00896. The van der Waals surface area contributed by atoms with Crippen LogP contribution in [-0.2, 0) is 29.1 Å². The van der Waals surface area contributed by atoms with Gasteiger partial charge in [-0.25, -0.2) is 12.8 Å². The number of rotatable bonds is 7. The molecule has 1 unspecified atom stereocenters. The van der Waals surface area contributed by atoms with Crippen LogP contribution in [0.3, 0.4) is 0 Å². The van der Waals surface area contributed by atoms with Gasteiger partial charge in [0.25, 0.3) is 5.91 Å². The van der Waals surface area contributed by atoms with Crippen LogP contribution < -0.4 is 10.6 Å². The van der Waals surface area contributed by atoms with E-state index in [-0.39, 0.29) is 36.7 Å². The molecule has 9 nitrogen and oxygen atoms in total. The molecule has 1 heterocycles. The monoisotopic (exact) mass is 491 g/mol. The van der Waals surface area contributed by atoms with Crippen molar-refractivity contribution in [3.8, 4) is 0 Å². The maximum atomic E-state index is 13.1. The fraction of sp³-hybridized carbons (Fsp3) is 0.348. The number of ether oxygens (including phenoxy) is 1. The van der Waals surface area contributed by atoms with Gasteiger partial charge in [0.2, 0.25) is 15.9 Å². The van der Waals surface area contributed by atoms with E-state index < -0.39 is 39.7 Å². The Morgan fingerprint density at radius 1 is 0.971 bits per heavy atom. The van der Waals surface area contributed by atoms with Gasteiger partial charge < -0.3 is 15.4 Å². The molecule has 0 saturated carbocycles. The highest BCUT2D eigenvalue weighted by molar-refractivity contribution is 7.89. The molecule has 1 fully saturated rings. The predicted octanol–water partition coefficient (Wildman–Crippen LogP) is 2.76. The van der Waals surface area contributed by atoms with Gasteiger partial charge in [-0.2, -0.15) is 4.31 Å². The number of nitrogens with zero attached hydrogens (tertiary/aromatic N) is 1. The van der Waals surface area contributed by atoms with Gasteiger partial charge in [-0.05, 0) is 68.3 Å². The number of sulfonamides is 1. The van der Waals surface area contributed by atoms with E-state index in [1.165, 1.54) is 30.3 Å². The lowest BCUT2D eigenvalue weighted by molar-refractivity contribution is -0.158. The Hall–Kier alpha value is -3.31. The molecular formula is C23H26FN3O6S. The van der Waals surface area contributed by atoms with Crippen LogP contribution >= 0.6 is 0 Å². The molecule has 0 aliphatic carbocycles. The van der Waals surface area contributed by atoms with Gasteiger partial charge in [0.15, 0.2) is 6.10 Å². The smallest absolute Gasteiger partial charge is 0.309 e. The molecule has 2 aromatic carbocycles. The second-order valence-electron chi connectivity index (χ2n) is 7.96. The lowest BCUT2D eigenvalue weighted by Gasteiger charge is -2.30. The number of nitrogens with one attached hydrogen (secondary N) is 2. The number of piperidine rings is 1. The van der Waals surface area contributed by atoms with Crippen LogP contribution in [0.1, 0.15) is 26.7 Å². The van der Waals surface area contributed by atoms with Gasteiger partial charge in [-0.1, -0.05) is 0 Å². The zero-order chi connectivity index (χ0) is 24.9. The Morgan fingerprint density at radius 2 is 1.50 bits per heavy atom. The normalized spacial score (nSPS) is 15.9. The second kappa shape index (κ2) is 10.7. The zero-order valence-corrected chi connectivity index (χ0v) is 19.6. The summed E-state index contributed by atoms with van der Waals surface area (Å²) < 4.78 is 45.1. The van der Waals surface area contributed by atoms with E-state index in [2.05, 4.69) is 10.6 Å². The Bertz CT molecular complexity index is 1140. The molecule has 1 atom stereocenters. The van der Waals surface area contributed by atoms with Gasteiger partial charge in [0.1, 0.15) is 5.82 Å². The third kappa shape index (κ3) is 6.39. The fourth-order valence-electron chi connectivity index (χ4n) is 3.50. The van der Waals surface area contributed by atoms with Gasteiger partial charge in [-0.3, -0.25) is 14.4 Å². The quantitative estimate of drug-likeness (QED) is 0.575. The van der Waals surface area contributed by atoms with Crippen molar-refractivity contribution in [3.63, 3.8) is 0 Å². The molecule has 0 bridgehead atoms. The largest absolute Gasteiger partial charge is 0.452 e. The van der Waals surface area contributed by atoms with E-state index in [1.54, 1.807) is 24.3 Å². The first-order chi connectivity index (χ1) is 16.1. The summed E-state index contributed by atoms with van der Waals surface area (Å²) in [6, 6.07) is 11.0. The second-order valence-corrected chi connectivity index (χ2v) is 9.90. The zero-order valence-electron chi connectivity index (χ0n) is 18.8. The molecule has 0 aromatic heterocycles. The third-order valence-corrected chi connectivity index (χ3v) is 7.29. The Kier molecular flexibility index (Phi) is 8.00. The van der Waals surface area contributed by atoms with Crippen molar-refractivity contribution in [1.29, 1.82) is 0 Å². The van der Waals surface area contributed by atoms with Crippen molar-refractivity contribution < 1.29 is 31.9 Å². The highest BCUT2D eigenvalue weighted by atomic mass is 32.2. The molecule has 34 heavy (non-hydrogen) atoms. The van der Waals surface area contributed by atoms with Gasteiger partial charge in [-0.15, -0.1) is 0 Å². The first kappa shape index (κ1) is 25.3. The van der Waals surface area contributed by atoms with Crippen LogP contribution in [0.5, 0.6) is 0 Å². The van der Waals surface area contributed by atoms with Crippen LogP contribution in [0, 0.1) is 11.7 Å². The fourth-order valence-corrected chi connectivity index (χ4v) is 4.97. The highest BCUT2D eigenvalue weighted by Crippen LogP contribution is 2.25. The minimum Gasteiger partial charge on any atom is -0.452 e. The minimum atomic E-state index is -3.78. The SMILES string of the molecule is CC(=O)Nc1ccc(NC(=O)C(C)OC(=O)C2CCN(S(=O)(=O)c3ccc(F)cc3)CC2)cc1. The molecule has 182 valence electrons. The number of benzene rings is 2. The molecule has 1 saturated heterocycles. The van der Waals surface area contributed by atoms with Crippen LogP contribution in [0.2, 0.25) is 0 Å². The number of anilines is 2. The van der Waals surface area contributed by atoms with E-state index in [9.17, 15) is 27.2 Å². The highest BCUT2D eigenvalue weighted by Gasteiger charge is 2.34. The maximum absolute atomic E-state index is 13.1. The molecule has 2 aromatic rings. The summed E-state index contributed by atoms with van der Waals surface area (Å²) in [7, 11) is -3.78. The summed E-state index contributed by atoms with van der Waals surface area (Å²) in [6.07, 6.45) is -0.556. The van der Waals surface area contributed by atoms with E-state index in [0.29, 0.717) is 11.4 Å². The molecule has 0 radical (unpaired) electrons. The summed E-state index contributed by atoms with van der Waals surface area (Å²) in [5, 5.41) is 5.25. The van der Waals surface area contributed by atoms with Crippen molar-refractivity contribution in [2.24, 2.45) is 5.92 Å². The lowest BCUT2D eigenvalue weighted by Crippen LogP contribution is -2.41. The number of halogens is 1. The first-order valence-electron chi connectivity index (χ1n) is 10.7. The first-order valence-corrected chi connectivity index (χ1v) is 12.1. The summed E-state index contributed by atoms with van der Waals surface area (Å²) in [5.74, 6) is -2.36. The van der Waals surface area contributed by atoms with Crippen molar-refractivity contribution >= 4 is 39.2 Å². The number of carbonyl (C=O) groups is 3.